The second-order valence-electron chi connectivity index (χ2n) is 5.48. The normalized spacial score (nSPS) is 34.2. The number of carbonyl (C=O) groups is 2. The van der Waals surface area contributed by atoms with Gasteiger partial charge in [0.05, 0.1) is 11.8 Å². The van der Waals surface area contributed by atoms with Gasteiger partial charge in [0.25, 0.3) is 0 Å². The predicted molar refractivity (Wildman–Crippen MR) is 69.3 cm³/mol. The van der Waals surface area contributed by atoms with Crippen LogP contribution in [0.25, 0.3) is 0 Å². The number of aliphatic hydroxyl groups excluding tert-OH is 1. The van der Waals surface area contributed by atoms with Crippen LogP contribution in [-0.4, -0.2) is 34.7 Å². The van der Waals surface area contributed by atoms with Gasteiger partial charge in [-0.2, -0.15) is 0 Å². The maximum absolute atomic E-state index is 12.2. The highest BCUT2D eigenvalue weighted by Crippen LogP contribution is 2.29. The summed E-state index contributed by atoms with van der Waals surface area (Å²) in [5.41, 5.74) is 0. The molecule has 1 amide bonds. The third kappa shape index (κ3) is 3.15. The molecule has 0 aromatic heterocycles. The van der Waals surface area contributed by atoms with E-state index in [9.17, 15) is 14.7 Å². The molecule has 0 radical (unpaired) electrons. The average Bonchev–Trinajstić information content (AvgIpc) is 2.85. The van der Waals surface area contributed by atoms with Gasteiger partial charge in [-0.3, -0.25) is 9.59 Å². The van der Waals surface area contributed by atoms with E-state index in [0.717, 1.165) is 19.3 Å². The second kappa shape index (κ2) is 6.19. The van der Waals surface area contributed by atoms with E-state index >= 15 is 0 Å². The first-order valence-corrected chi connectivity index (χ1v) is 6.92. The van der Waals surface area contributed by atoms with E-state index in [4.69, 9.17) is 5.11 Å². The van der Waals surface area contributed by atoms with Gasteiger partial charge in [-0.25, -0.2) is 0 Å². The molecule has 2 rings (SSSR count). The van der Waals surface area contributed by atoms with Gasteiger partial charge in [0.1, 0.15) is 0 Å². The van der Waals surface area contributed by atoms with Gasteiger partial charge in [-0.1, -0.05) is 18.6 Å². The number of hydrogen-bond donors (Lipinski definition) is 3. The van der Waals surface area contributed by atoms with Crippen LogP contribution in [0.2, 0.25) is 0 Å². The molecule has 4 unspecified atom stereocenters. The Bertz CT molecular complexity index is 380. The minimum absolute atomic E-state index is 0.00199. The Morgan fingerprint density at radius 3 is 2.47 bits per heavy atom. The zero-order valence-electron chi connectivity index (χ0n) is 10.9. The summed E-state index contributed by atoms with van der Waals surface area (Å²) in [6, 6.07) is -0.00199. The first kappa shape index (κ1) is 14.1. The Morgan fingerprint density at radius 2 is 1.84 bits per heavy atom. The third-order valence-electron chi connectivity index (χ3n) is 4.31. The zero-order valence-corrected chi connectivity index (χ0v) is 10.9. The van der Waals surface area contributed by atoms with Crippen LogP contribution in [0.3, 0.4) is 0 Å². The molecular weight excluding hydrogens is 246 g/mol. The van der Waals surface area contributed by atoms with E-state index in [0.29, 0.717) is 12.8 Å². The van der Waals surface area contributed by atoms with Gasteiger partial charge in [-0.15, -0.1) is 0 Å². The number of amides is 1. The molecule has 0 aromatic carbocycles. The molecule has 0 saturated heterocycles. The Labute approximate surface area is 112 Å². The molecular formula is C14H21NO4. The zero-order chi connectivity index (χ0) is 13.8. The molecule has 4 atom stereocenters. The topological polar surface area (TPSA) is 86.6 Å². The lowest BCUT2D eigenvalue weighted by Gasteiger charge is -2.27. The maximum atomic E-state index is 12.2. The highest BCUT2D eigenvalue weighted by atomic mass is 16.4. The van der Waals surface area contributed by atoms with Crippen LogP contribution >= 0.6 is 0 Å². The summed E-state index contributed by atoms with van der Waals surface area (Å²) in [6.45, 7) is 0.0812. The minimum Gasteiger partial charge on any atom is -0.481 e. The van der Waals surface area contributed by atoms with Crippen molar-refractivity contribution in [2.45, 2.75) is 38.1 Å². The maximum Gasteiger partial charge on any atom is 0.307 e. The lowest BCUT2D eigenvalue weighted by atomic mass is 9.82. The molecule has 5 heteroatoms. The number of nitrogens with one attached hydrogen (secondary N) is 1. The molecule has 0 heterocycles. The molecule has 0 spiro atoms. The highest BCUT2D eigenvalue weighted by Gasteiger charge is 2.36. The summed E-state index contributed by atoms with van der Waals surface area (Å²) in [5, 5.41) is 21.3. The largest absolute Gasteiger partial charge is 0.481 e. The SMILES string of the molecule is O=C(O)C1CC=CCC1C(=O)NC1CCCC1CO. The predicted octanol–water partition coefficient (Wildman–Crippen LogP) is 0.931. The van der Waals surface area contributed by atoms with Crippen molar-refractivity contribution in [3.8, 4) is 0 Å². The second-order valence-corrected chi connectivity index (χ2v) is 5.48. The van der Waals surface area contributed by atoms with Crippen molar-refractivity contribution in [2.75, 3.05) is 6.61 Å². The summed E-state index contributed by atoms with van der Waals surface area (Å²) < 4.78 is 0. The van der Waals surface area contributed by atoms with Gasteiger partial charge in [0, 0.05) is 18.6 Å². The molecule has 19 heavy (non-hydrogen) atoms. The number of carbonyl (C=O) groups excluding carboxylic acids is 1. The lowest BCUT2D eigenvalue weighted by molar-refractivity contribution is -0.147. The van der Waals surface area contributed by atoms with Crippen LogP contribution < -0.4 is 5.32 Å². The molecule has 106 valence electrons. The Kier molecular flexibility index (Phi) is 4.58. The summed E-state index contributed by atoms with van der Waals surface area (Å²) in [4.78, 5) is 23.4. The summed E-state index contributed by atoms with van der Waals surface area (Å²) >= 11 is 0. The van der Waals surface area contributed by atoms with Gasteiger partial charge in [0.2, 0.25) is 5.91 Å². The first-order valence-electron chi connectivity index (χ1n) is 6.92. The van der Waals surface area contributed by atoms with Gasteiger partial charge in [-0.05, 0) is 25.7 Å². The molecule has 5 nitrogen and oxygen atoms in total. The quantitative estimate of drug-likeness (QED) is 0.661. The standard InChI is InChI=1S/C14H21NO4/c16-8-9-4-3-7-12(9)15-13(17)10-5-1-2-6-11(10)14(18)19/h1-2,9-12,16H,3-8H2,(H,15,17)(H,18,19). The van der Waals surface area contributed by atoms with Crippen molar-refractivity contribution in [2.24, 2.45) is 17.8 Å². The molecule has 3 N–H and O–H groups in total. The van der Waals surface area contributed by atoms with Crippen molar-refractivity contribution in [1.82, 2.24) is 5.32 Å². The molecule has 0 bridgehead atoms. The van der Waals surface area contributed by atoms with Crippen molar-refractivity contribution >= 4 is 11.9 Å². The summed E-state index contributed by atoms with van der Waals surface area (Å²) in [5.74, 6) is -2.08. The van der Waals surface area contributed by atoms with Crippen molar-refractivity contribution in [1.29, 1.82) is 0 Å². The van der Waals surface area contributed by atoms with E-state index in [-0.39, 0.29) is 24.5 Å². The number of carboxylic acids is 1. The van der Waals surface area contributed by atoms with E-state index in [1.807, 2.05) is 12.2 Å². The van der Waals surface area contributed by atoms with E-state index in [1.54, 1.807) is 0 Å². The summed E-state index contributed by atoms with van der Waals surface area (Å²) in [7, 11) is 0. The van der Waals surface area contributed by atoms with Crippen LogP contribution in [0, 0.1) is 17.8 Å². The number of aliphatic carboxylic acids is 1. The molecule has 0 aromatic rings. The Morgan fingerprint density at radius 1 is 1.16 bits per heavy atom. The van der Waals surface area contributed by atoms with Gasteiger partial charge < -0.3 is 15.5 Å². The highest BCUT2D eigenvalue weighted by molar-refractivity contribution is 5.85. The van der Waals surface area contributed by atoms with Crippen LogP contribution in [0.15, 0.2) is 12.2 Å². The van der Waals surface area contributed by atoms with Crippen molar-refractivity contribution in [3.63, 3.8) is 0 Å². The van der Waals surface area contributed by atoms with Crippen LogP contribution in [0.5, 0.6) is 0 Å². The summed E-state index contributed by atoms with van der Waals surface area (Å²) in [6.07, 6.45) is 7.41. The molecule has 2 aliphatic carbocycles. The first-order chi connectivity index (χ1) is 9.13. The average molecular weight is 267 g/mol. The third-order valence-corrected chi connectivity index (χ3v) is 4.31. The van der Waals surface area contributed by atoms with Crippen LogP contribution in [0.1, 0.15) is 32.1 Å². The van der Waals surface area contributed by atoms with Gasteiger partial charge >= 0.3 is 5.97 Å². The number of allylic oxidation sites excluding steroid dienone is 2. The van der Waals surface area contributed by atoms with E-state index in [2.05, 4.69) is 5.32 Å². The van der Waals surface area contributed by atoms with Gasteiger partial charge in [0.15, 0.2) is 0 Å². The fourth-order valence-corrected chi connectivity index (χ4v) is 3.11. The fourth-order valence-electron chi connectivity index (χ4n) is 3.11. The van der Waals surface area contributed by atoms with Crippen LogP contribution in [0.4, 0.5) is 0 Å². The van der Waals surface area contributed by atoms with E-state index in [1.165, 1.54) is 0 Å². The minimum atomic E-state index is -0.908. The fraction of sp³-hybridized carbons (Fsp3) is 0.714. The Hall–Kier alpha value is -1.36. The van der Waals surface area contributed by atoms with Crippen molar-refractivity contribution < 1.29 is 19.8 Å². The number of carboxylic acid groups (broad SMARTS) is 1. The smallest absolute Gasteiger partial charge is 0.307 e. The molecule has 1 saturated carbocycles. The molecule has 1 fully saturated rings. The monoisotopic (exact) mass is 267 g/mol. The molecule has 0 aliphatic heterocycles. The van der Waals surface area contributed by atoms with Crippen molar-refractivity contribution in [3.05, 3.63) is 12.2 Å². The Balaban J connectivity index is 1.98. The number of aliphatic hydroxyl groups is 1. The number of rotatable bonds is 4. The molecule has 2 aliphatic rings. The lowest BCUT2D eigenvalue weighted by Crippen LogP contribution is -2.45. The van der Waals surface area contributed by atoms with Crippen LogP contribution in [-0.2, 0) is 9.59 Å². The number of hydrogen-bond acceptors (Lipinski definition) is 3. The van der Waals surface area contributed by atoms with E-state index < -0.39 is 17.8 Å².